The number of nitrogen functional groups attached to an aromatic ring is 1. The zero-order chi connectivity index (χ0) is 28.5. The molecule has 0 unspecified atom stereocenters. The van der Waals surface area contributed by atoms with Gasteiger partial charge >= 0.3 is 5.56 Å². The fourth-order valence-electron chi connectivity index (χ4n) is 4.52. The quantitative estimate of drug-likeness (QED) is 0.346. The van der Waals surface area contributed by atoms with Gasteiger partial charge in [-0.1, -0.05) is 30.7 Å². The fourth-order valence-corrected chi connectivity index (χ4v) is 5.88. The maximum Gasteiger partial charge on any atom is 0.316 e. The van der Waals surface area contributed by atoms with Crippen molar-refractivity contribution in [3.8, 4) is 17.2 Å². The highest BCUT2D eigenvalue weighted by molar-refractivity contribution is 7.87. The van der Waals surface area contributed by atoms with Crippen LogP contribution in [-0.2, 0) is 16.8 Å². The molecule has 0 amide bonds. The number of benzene rings is 2. The summed E-state index contributed by atoms with van der Waals surface area (Å²) >= 11 is 6.14. The van der Waals surface area contributed by atoms with Crippen molar-refractivity contribution in [2.24, 2.45) is 5.41 Å². The van der Waals surface area contributed by atoms with Gasteiger partial charge in [-0.15, -0.1) is 0 Å². The summed E-state index contributed by atoms with van der Waals surface area (Å²) in [4.78, 5) is 15.5. The van der Waals surface area contributed by atoms with Crippen LogP contribution in [0.1, 0.15) is 25.3 Å². The topological polar surface area (TPSA) is 132 Å². The predicted octanol–water partition coefficient (Wildman–Crippen LogP) is 2.81. The molecule has 3 aromatic rings. The van der Waals surface area contributed by atoms with E-state index in [0.29, 0.717) is 47.5 Å². The van der Waals surface area contributed by atoms with E-state index < -0.39 is 10.2 Å². The number of nitrogens with one attached hydrogen (secondary N) is 1. The Morgan fingerprint density at radius 2 is 1.88 bits per heavy atom. The lowest BCUT2D eigenvalue weighted by molar-refractivity contribution is 0.242. The van der Waals surface area contributed by atoms with Gasteiger partial charge in [0.15, 0.2) is 0 Å². The molecule has 2 fully saturated rings. The summed E-state index contributed by atoms with van der Waals surface area (Å²) in [6.07, 6.45) is 3.69. The lowest BCUT2D eigenvalue weighted by Gasteiger charge is -2.35. The molecule has 11 nitrogen and oxygen atoms in total. The summed E-state index contributed by atoms with van der Waals surface area (Å²) in [6, 6.07) is 12.0. The van der Waals surface area contributed by atoms with Crippen molar-refractivity contribution in [1.29, 1.82) is 0 Å². The van der Waals surface area contributed by atoms with E-state index in [-0.39, 0.29) is 36.4 Å². The molecule has 0 spiro atoms. The highest BCUT2D eigenvalue weighted by atomic mass is 35.5. The molecule has 0 atom stereocenters. The van der Waals surface area contributed by atoms with Crippen LogP contribution in [0.25, 0.3) is 5.69 Å². The second-order valence-corrected chi connectivity index (χ2v) is 12.6. The minimum atomic E-state index is -3.74. The van der Waals surface area contributed by atoms with E-state index in [0.717, 1.165) is 18.4 Å². The standard InChI is InChI=1S/C27H33ClN6O5S/c1-27(8-9-27)18-39-25-23(17-30-34(26(25)35)21-5-3-4-20(28)15-21)32-10-12-33(13-11-32)40(36,37)31-16-19-6-7-24(38-2)22(29)14-19/h3-7,14-15,17,31H,8-13,16,18,29H2,1-2H3. The average Bonchev–Trinajstić information content (AvgIpc) is 3.68. The van der Waals surface area contributed by atoms with E-state index in [4.69, 9.17) is 26.8 Å². The van der Waals surface area contributed by atoms with Crippen LogP contribution in [0.15, 0.2) is 53.5 Å². The number of anilines is 2. The van der Waals surface area contributed by atoms with E-state index in [1.54, 1.807) is 48.7 Å². The van der Waals surface area contributed by atoms with Crippen molar-refractivity contribution in [2.75, 3.05) is 50.5 Å². The largest absolute Gasteiger partial charge is 0.495 e. The van der Waals surface area contributed by atoms with Crippen LogP contribution in [-0.4, -0.2) is 62.4 Å². The maximum atomic E-state index is 13.6. The van der Waals surface area contributed by atoms with Crippen molar-refractivity contribution < 1.29 is 17.9 Å². The molecule has 3 N–H and O–H groups in total. The first-order valence-electron chi connectivity index (χ1n) is 13.0. The number of hydrogen-bond acceptors (Lipinski definition) is 8. The van der Waals surface area contributed by atoms with E-state index in [2.05, 4.69) is 16.7 Å². The Hall–Kier alpha value is -3.32. The maximum absolute atomic E-state index is 13.6. The third kappa shape index (κ3) is 6.20. The van der Waals surface area contributed by atoms with Crippen molar-refractivity contribution in [1.82, 2.24) is 18.8 Å². The van der Waals surface area contributed by atoms with Gasteiger partial charge < -0.3 is 20.1 Å². The van der Waals surface area contributed by atoms with E-state index in [1.807, 2.05) is 4.90 Å². The third-order valence-electron chi connectivity index (χ3n) is 7.31. The van der Waals surface area contributed by atoms with Crippen LogP contribution < -0.4 is 30.4 Å². The molecule has 13 heteroatoms. The number of aromatic nitrogens is 2. The molecule has 2 heterocycles. The monoisotopic (exact) mass is 588 g/mol. The summed E-state index contributed by atoms with van der Waals surface area (Å²) in [5.74, 6) is 0.738. The number of rotatable bonds is 10. The summed E-state index contributed by atoms with van der Waals surface area (Å²) < 4.78 is 42.6. The molecular weight excluding hydrogens is 556 g/mol. The van der Waals surface area contributed by atoms with E-state index >= 15 is 0 Å². The molecule has 1 saturated carbocycles. The van der Waals surface area contributed by atoms with Gasteiger partial charge in [0.05, 0.1) is 31.3 Å². The van der Waals surface area contributed by atoms with Gasteiger partial charge in [0, 0.05) is 43.2 Å². The normalized spacial score (nSPS) is 17.0. The molecule has 1 aromatic heterocycles. The second kappa shape index (κ2) is 11.3. The Kier molecular flexibility index (Phi) is 7.96. The summed E-state index contributed by atoms with van der Waals surface area (Å²) in [6.45, 7) is 3.84. The second-order valence-electron chi connectivity index (χ2n) is 10.4. The number of hydrogen-bond donors (Lipinski definition) is 2. The van der Waals surface area contributed by atoms with E-state index in [1.165, 1.54) is 16.1 Å². The SMILES string of the molecule is COc1ccc(CNS(=O)(=O)N2CCN(c3cnn(-c4cccc(Cl)c4)c(=O)c3OCC3(C)CC3)CC2)cc1N. The van der Waals surface area contributed by atoms with Gasteiger partial charge in [-0.3, -0.25) is 4.79 Å². The predicted molar refractivity (Wildman–Crippen MR) is 155 cm³/mol. The number of ether oxygens (including phenoxy) is 2. The van der Waals surface area contributed by atoms with Crippen molar-refractivity contribution in [3.63, 3.8) is 0 Å². The summed E-state index contributed by atoms with van der Waals surface area (Å²) in [5, 5.41) is 4.89. The van der Waals surface area contributed by atoms with Gasteiger partial charge in [-0.2, -0.15) is 27.2 Å². The van der Waals surface area contributed by atoms with Crippen LogP contribution in [0.4, 0.5) is 11.4 Å². The van der Waals surface area contributed by atoms with Crippen molar-refractivity contribution in [3.05, 3.63) is 69.6 Å². The molecule has 5 rings (SSSR count). The van der Waals surface area contributed by atoms with Crippen LogP contribution in [0.2, 0.25) is 5.02 Å². The molecule has 2 aromatic carbocycles. The number of methoxy groups -OCH3 is 1. The lowest BCUT2D eigenvalue weighted by atomic mass is 10.2. The minimum Gasteiger partial charge on any atom is -0.495 e. The van der Waals surface area contributed by atoms with E-state index in [9.17, 15) is 13.2 Å². The molecular formula is C27H33ClN6O5S. The Balaban J connectivity index is 1.30. The van der Waals surface area contributed by atoms with Gasteiger partial charge in [-0.05, 0) is 48.7 Å². The summed E-state index contributed by atoms with van der Waals surface area (Å²) in [7, 11) is -2.22. The Bertz CT molecular complexity index is 1550. The Morgan fingerprint density at radius 3 is 2.52 bits per heavy atom. The van der Waals surface area contributed by atoms with Crippen LogP contribution in [0, 0.1) is 5.41 Å². The molecule has 40 heavy (non-hydrogen) atoms. The van der Waals surface area contributed by atoms with Gasteiger partial charge in [0.2, 0.25) is 5.75 Å². The highest BCUT2D eigenvalue weighted by Crippen LogP contribution is 2.45. The number of halogens is 1. The van der Waals surface area contributed by atoms with Crippen LogP contribution in [0.5, 0.6) is 11.5 Å². The smallest absolute Gasteiger partial charge is 0.316 e. The number of nitrogens with zero attached hydrogens (tertiary/aromatic N) is 4. The number of nitrogens with two attached hydrogens (primary N) is 1. The lowest BCUT2D eigenvalue weighted by Crippen LogP contribution is -2.52. The first kappa shape index (κ1) is 28.2. The van der Waals surface area contributed by atoms with Gasteiger partial charge in [-0.25, -0.2) is 0 Å². The van der Waals surface area contributed by atoms with Crippen molar-refractivity contribution >= 4 is 33.2 Å². The average molecular weight is 589 g/mol. The van der Waals surface area contributed by atoms with Crippen LogP contribution >= 0.6 is 11.6 Å². The number of piperazine rings is 1. The minimum absolute atomic E-state index is 0.0564. The molecule has 0 bridgehead atoms. The van der Waals surface area contributed by atoms with Crippen molar-refractivity contribution in [2.45, 2.75) is 26.3 Å². The molecule has 2 aliphatic rings. The molecule has 214 valence electrons. The third-order valence-corrected chi connectivity index (χ3v) is 9.10. The van der Waals surface area contributed by atoms with Crippen LogP contribution in [0.3, 0.4) is 0 Å². The highest BCUT2D eigenvalue weighted by Gasteiger charge is 2.39. The Labute approximate surface area is 238 Å². The molecule has 0 radical (unpaired) electrons. The molecule has 1 aliphatic carbocycles. The first-order chi connectivity index (χ1) is 19.1. The Morgan fingerprint density at radius 1 is 1.12 bits per heavy atom. The van der Waals surface area contributed by atoms with Gasteiger partial charge in [0.25, 0.3) is 10.2 Å². The zero-order valence-corrected chi connectivity index (χ0v) is 24.0. The van der Waals surface area contributed by atoms with Gasteiger partial charge in [0.1, 0.15) is 11.4 Å². The first-order valence-corrected chi connectivity index (χ1v) is 14.8. The molecule has 1 saturated heterocycles. The summed E-state index contributed by atoms with van der Waals surface area (Å²) in [5.41, 5.74) is 7.85. The molecule has 1 aliphatic heterocycles. The zero-order valence-electron chi connectivity index (χ0n) is 22.5. The fraction of sp³-hybridized carbons (Fsp3) is 0.407.